The molecule has 0 spiro atoms. The fourth-order valence-electron chi connectivity index (χ4n) is 2.49. The van der Waals surface area contributed by atoms with Crippen molar-refractivity contribution in [1.29, 1.82) is 0 Å². The molecule has 0 bridgehead atoms. The fraction of sp³-hybridized carbons (Fsp3) is 0.389. The molecular formula is C18H25N3. The summed E-state index contributed by atoms with van der Waals surface area (Å²) >= 11 is 0. The second-order valence-electron chi connectivity index (χ2n) is 5.95. The van der Waals surface area contributed by atoms with Crippen LogP contribution in [0, 0.1) is 5.92 Å². The van der Waals surface area contributed by atoms with Crippen molar-refractivity contribution in [2.24, 2.45) is 11.7 Å². The van der Waals surface area contributed by atoms with E-state index in [1.807, 2.05) is 18.5 Å². The number of nitrogens with zero attached hydrogens (tertiary/aromatic N) is 2. The molecular weight excluding hydrogens is 258 g/mol. The molecule has 21 heavy (non-hydrogen) atoms. The largest absolute Gasteiger partial charge is 0.326 e. The third-order valence-corrected chi connectivity index (χ3v) is 3.42. The van der Waals surface area contributed by atoms with Crippen LogP contribution in [0.25, 0.3) is 0 Å². The summed E-state index contributed by atoms with van der Waals surface area (Å²) < 4.78 is 0. The molecule has 1 aromatic carbocycles. The summed E-state index contributed by atoms with van der Waals surface area (Å²) in [5.74, 6) is 0.644. The molecule has 2 rings (SSSR count). The maximum absolute atomic E-state index is 5.65. The van der Waals surface area contributed by atoms with Crippen molar-refractivity contribution >= 4 is 0 Å². The minimum atomic E-state index is 0.603. The van der Waals surface area contributed by atoms with E-state index in [9.17, 15) is 0 Å². The lowest BCUT2D eigenvalue weighted by Gasteiger charge is -2.24. The molecule has 0 saturated carbocycles. The van der Waals surface area contributed by atoms with Gasteiger partial charge in [-0.05, 0) is 28.7 Å². The summed E-state index contributed by atoms with van der Waals surface area (Å²) in [7, 11) is 0. The topological polar surface area (TPSA) is 42.1 Å². The molecule has 0 aliphatic rings. The van der Waals surface area contributed by atoms with Gasteiger partial charge >= 0.3 is 0 Å². The third-order valence-electron chi connectivity index (χ3n) is 3.42. The highest BCUT2D eigenvalue weighted by atomic mass is 15.1. The van der Waals surface area contributed by atoms with Crippen LogP contribution >= 0.6 is 0 Å². The van der Waals surface area contributed by atoms with Gasteiger partial charge in [0.1, 0.15) is 0 Å². The molecule has 3 nitrogen and oxygen atoms in total. The quantitative estimate of drug-likeness (QED) is 0.848. The van der Waals surface area contributed by atoms with Gasteiger partial charge < -0.3 is 5.73 Å². The third kappa shape index (κ3) is 5.29. The van der Waals surface area contributed by atoms with Crippen LogP contribution in [-0.4, -0.2) is 16.4 Å². The molecule has 2 aromatic rings. The van der Waals surface area contributed by atoms with Gasteiger partial charge in [-0.15, -0.1) is 0 Å². The number of rotatable bonds is 7. The van der Waals surface area contributed by atoms with Crippen LogP contribution in [0.3, 0.4) is 0 Å². The Bertz CT molecular complexity index is 520. The first kappa shape index (κ1) is 15.7. The number of nitrogens with two attached hydrogens (primary N) is 1. The second-order valence-corrected chi connectivity index (χ2v) is 5.95. The number of hydrogen-bond donors (Lipinski definition) is 1. The van der Waals surface area contributed by atoms with Gasteiger partial charge in [-0.2, -0.15) is 0 Å². The molecule has 0 aliphatic carbocycles. The normalized spacial score (nSPS) is 11.3. The highest BCUT2D eigenvalue weighted by Crippen LogP contribution is 2.12. The minimum absolute atomic E-state index is 0.603. The zero-order chi connectivity index (χ0) is 15.1. The molecule has 3 heteroatoms. The van der Waals surface area contributed by atoms with Gasteiger partial charge in [0.15, 0.2) is 0 Å². The molecule has 1 aromatic heterocycles. The lowest BCUT2D eigenvalue weighted by molar-refractivity contribution is 0.227. The summed E-state index contributed by atoms with van der Waals surface area (Å²) in [4.78, 5) is 6.68. The van der Waals surface area contributed by atoms with E-state index in [1.54, 1.807) is 0 Å². The Morgan fingerprint density at radius 2 is 1.67 bits per heavy atom. The first-order valence-electron chi connectivity index (χ1n) is 7.56. The van der Waals surface area contributed by atoms with E-state index in [2.05, 4.69) is 54.1 Å². The number of pyridine rings is 1. The van der Waals surface area contributed by atoms with Crippen molar-refractivity contribution in [3.63, 3.8) is 0 Å². The van der Waals surface area contributed by atoms with Crippen molar-refractivity contribution in [1.82, 2.24) is 9.88 Å². The van der Waals surface area contributed by atoms with Crippen molar-refractivity contribution in [3.05, 3.63) is 65.5 Å². The summed E-state index contributed by atoms with van der Waals surface area (Å²) in [6.45, 7) is 8.09. The molecule has 0 amide bonds. The van der Waals surface area contributed by atoms with Crippen LogP contribution in [-0.2, 0) is 19.6 Å². The van der Waals surface area contributed by atoms with E-state index in [4.69, 9.17) is 5.73 Å². The Balaban J connectivity index is 2.04. The van der Waals surface area contributed by atoms with Crippen LogP contribution in [0.5, 0.6) is 0 Å². The van der Waals surface area contributed by atoms with Gasteiger partial charge in [0.25, 0.3) is 0 Å². The maximum Gasteiger partial charge on any atom is 0.0312 e. The predicted molar refractivity (Wildman–Crippen MR) is 87.5 cm³/mol. The average molecular weight is 283 g/mol. The molecule has 0 radical (unpaired) electrons. The zero-order valence-electron chi connectivity index (χ0n) is 13.0. The fourth-order valence-corrected chi connectivity index (χ4v) is 2.49. The summed E-state index contributed by atoms with van der Waals surface area (Å²) in [5, 5.41) is 0. The minimum Gasteiger partial charge on any atom is -0.326 e. The van der Waals surface area contributed by atoms with Gasteiger partial charge in [-0.1, -0.05) is 44.2 Å². The number of aromatic nitrogens is 1. The molecule has 0 aliphatic heterocycles. The van der Waals surface area contributed by atoms with Crippen molar-refractivity contribution < 1.29 is 0 Å². The second kappa shape index (κ2) is 7.91. The van der Waals surface area contributed by atoms with E-state index in [-0.39, 0.29) is 0 Å². The standard InChI is InChI=1S/C18H25N3/c1-15(2)12-21(14-18-4-3-9-20-11-18)13-17-7-5-16(10-19)6-8-17/h3-9,11,15H,10,12-14,19H2,1-2H3. The van der Waals surface area contributed by atoms with Gasteiger partial charge in [0.2, 0.25) is 0 Å². The number of benzene rings is 1. The molecule has 0 atom stereocenters. The highest BCUT2D eigenvalue weighted by molar-refractivity contribution is 5.22. The lowest BCUT2D eigenvalue weighted by Crippen LogP contribution is -2.27. The van der Waals surface area contributed by atoms with E-state index in [1.165, 1.54) is 16.7 Å². The Hall–Kier alpha value is -1.71. The van der Waals surface area contributed by atoms with Gasteiger partial charge in [0, 0.05) is 38.6 Å². The molecule has 2 N–H and O–H groups in total. The van der Waals surface area contributed by atoms with E-state index < -0.39 is 0 Å². The van der Waals surface area contributed by atoms with Crippen molar-refractivity contribution in [2.45, 2.75) is 33.5 Å². The van der Waals surface area contributed by atoms with Crippen LogP contribution in [0.1, 0.15) is 30.5 Å². The van der Waals surface area contributed by atoms with Gasteiger partial charge in [0.05, 0.1) is 0 Å². The first-order valence-corrected chi connectivity index (χ1v) is 7.56. The summed E-state index contributed by atoms with van der Waals surface area (Å²) in [6, 6.07) is 12.7. The Morgan fingerprint density at radius 3 is 2.24 bits per heavy atom. The smallest absolute Gasteiger partial charge is 0.0312 e. The predicted octanol–water partition coefficient (Wildman–Crippen LogP) is 3.20. The Labute approximate surface area is 127 Å². The molecule has 1 heterocycles. The SMILES string of the molecule is CC(C)CN(Cc1ccc(CN)cc1)Cc1cccnc1. The van der Waals surface area contributed by atoms with Gasteiger partial charge in [-0.25, -0.2) is 0 Å². The van der Waals surface area contributed by atoms with Crippen LogP contribution in [0.4, 0.5) is 0 Å². The maximum atomic E-state index is 5.65. The number of hydrogen-bond acceptors (Lipinski definition) is 3. The first-order chi connectivity index (χ1) is 10.2. The lowest BCUT2D eigenvalue weighted by atomic mass is 10.1. The molecule has 112 valence electrons. The van der Waals surface area contributed by atoms with Crippen LogP contribution in [0.15, 0.2) is 48.8 Å². The van der Waals surface area contributed by atoms with Crippen LogP contribution < -0.4 is 5.73 Å². The summed E-state index contributed by atoms with van der Waals surface area (Å²) in [5.41, 5.74) is 9.42. The highest BCUT2D eigenvalue weighted by Gasteiger charge is 2.09. The molecule has 0 fully saturated rings. The van der Waals surface area contributed by atoms with Crippen LogP contribution in [0.2, 0.25) is 0 Å². The average Bonchev–Trinajstić information content (AvgIpc) is 2.48. The Morgan fingerprint density at radius 1 is 1.00 bits per heavy atom. The van der Waals surface area contributed by atoms with E-state index in [0.717, 1.165) is 19.6 Å². The zero-order valence-corrected chi connectivity index (χ0v) is 13.0. The summed E-state index contributed by atoms with van der Waals surface area (Å²) in [6.07, 6.45) is 3.77. The van der Waals surface area contributed by atoms with Gasteiger partial charge in [-0.3, -0.25) is 9.88 Å². The van der Waals surface area contributed by atoms with Crippen molar-refractivity contribution in [2.75, 3.05) is 6.54 Å². The van der Waals surface area contributed by atoms with Crippen molar-refractivity contribution in [3.8, 4) is 0 Å². The Kier molecular flexibility index (Phi) is 5.90. The monoisotopic (exact) mass is 283 g/mol. The molecule has 0 unspecified atom stereocenters. The van der Waals surface area contributed by atoms with E-state index >= 15 is 0 Å². The molecule has 0 saturated heterocycles. The van der Waals surface area contributed by atoms with E-state index in [0.29, 0.717) is 12.5 Å².